The van der Waals surface area contributed by atoms with E-state index in [1.165, 1.54) is 11.1 Å². The van der Waals surface area contributed by atoms with Crippen LogP contribution in [0, 0.1) is 6.92 Å². The number of rotatable bonds is 13. The smallest absolute Gasteiger partial charge is 0.251 e. The van der Waals surface area contributed by atoms with E-state index in [9.17, 15) is 19.0 Å². The molecule has 9 heteroatoms. The standard InChI is InChI=1S/C32H44N4O4S/c1-3-34-28-20-27(21-29(22-28)36-17-9-10-18-41(36,39)40)32(38)35-30(19-25-12-5-4-6-13-25)31(37)23-33-16-15-26-14-8-7-11-24(26)2/h4-8,11-14,20-22,30-31,33-34,37,39-40H,3,9-10,15-19,23H2,1-2H3,(H,35,38)/t30-,31-/m0/s1. The number of hydrogen-bond acceptors (Lipinski definition) is 7. The number of hydrogen-bond donors (Lipinski definition) is 6. The lowest BCUT2D eigenvalue weighted by Crippen LogP contribution is -2.49. The first kappa shape index (κ1) is 30.9. The van der Waals surface area contributed by atoms with Crippen molar-refractivity contribution in [3.05, 3.63) is 95.1 Å². The number of nitrogens with zero attached hydrogens (tertiary/aromatic N) is 1. The second kappa shape index (κ2) is 14.7. The predicted octanol–water partition coefficient (Wildman–Crippen LogP) is 5.23. The van der Waals surface area contributed by atoms with Crippen molar-refractivity contribution in [1.29, 1.82) is 0 Å². The summed E-state index contributed by atoms with van der Waals surface area (Å²) in [5, 5.41) is 20.9. The Hall–Kier alpha value is -3.08. The fraction of sp³-hybridized carbons (Fsp3) is 0.406. The highest BCUT2D eigenvalue weighted by Gasteiger charge is 2.28. The van der Waals surface area contributed by atoms with Crippen molar-refractivity contribution in [2.45, 2.75) is 51.7 Å². The van der Waals surface area contributed by atoms with Crippen LogP contribution in [-0.4, -0.2) is 64.2 Å². The Morgan fingerprint density at radius 1 is 1.02 bits per heavy atom. The number of aliphatic hydroxyl groups is 1. The number of amides is 1. The van der Waals surface area contributed by atoms with Crippen LogP contribution in [0.4, 0.5) is 11.4 Å². The van der Waals surface area contributed by atoms with Gasteiger partial charge in [-0.15, -0.1) is 10.8 Å². The Kier molecular flexibility index (Phi) is 11.1. The molecule has 2 atom stereocenters. The molecule has 8 nitrogen and oxygen atoms in total. The van der Waals surface area contributed by atoms with Crippen molar-refractivity contribution < 1.29 is 19.0 Å². The van der Waals surface area contributed by atoms with Gasteiger partial charge in [0.1, 0.15) is 0 Å². The topological polar surface area (TPSA) is 117 Å². The molecule has 3 aromatic carbocycles. The quantitative estimate of drug-likeness (QED) is 0.153. The van der Waals surface area contributed by atoms with Gasteiger partial charge in [0.15, 0.2) is 0 Å². The van der Waals surface area contributed by atoms with Gasteiger partial charge in [0, 0.05) is 30.9 Å². The number of anilines is 2. The molecule has 0 bridgehead atoms. The summed E-state index contributed by atoms with van der Waals surface area (Å²) in [6, 6.07) is 22.9. The zero-order valence-electron chi connectivity index (χ0n) is 24.1. The van der Waals surface area contributed by atoms with Crippen molar-refractivity contribution in [3.8, 4) is 0 Å². The Labute approximate surface area is 245 Å². The van der Waals surface area contributed by atoms with Gasteiger partial charge in [0.2, 0.25) is 0 Å². The summed E-state index contributed by atoms with van der Waals surface area (Å²) in [5.41, 5.74) is 5.26. The van der Waals surface area contributed by atoms with E-state index in [1.54, 1.807) is 16.4 Å². The van der Waals surface area contributed by atoms with Gasteiger partial charge < -0.3 is 21.1 Å². The minimum absolute atomic E-state index is 0.320. The minimum Gasteiger partial charge on any atom is -0.390 e. The van der Waals surface area contributed by atoms with Crippen LogP contribution < -0.4 is 20.3 Å². The van der Waals surface area contributed by atoms with Crippen LogP contribution in [0.25, 0.3) is 0 Å². The first-order valence-electron chi connectivity index (χ1n) is 14.5. The lowest BCUT2D eigenvalue weighted by atomic mass is 10.00. The highest BCUT2D eigenvalue weighted by molar-refractivity contribution is 8.25. The highest BCUT2D eigenvalue weighted by Crippen LogP contribution is 2.50. The van der Waals surface area contributed by atoms with Gasteiger partial charge in [-0.3, -0.25) is 18.2 Å². The molecule has 0 unspecified atom stereocenters. The molecule has 0 spiro atoms. The summed E-state index contributed by atoms with van der Waals surface area (Å²) < 4.78 is 23.1. The van der Waals surface area contributed by atoms with Crippen LogP contribution in [0.5, 0.6) is 0 Å². The maximum atomic E-state index is 13.6. The third-order valence-electron chi connectivity index (χ3n) is 7.50. The maximum absolute atomic E-state index is 13.6. The highest BCUT2D eigenvalue weighted by atomic mass is 32.3. The molecule has 222 valence electrons. The molecule has 4 rings (SSSR count). The SMILES string of the molecule is CCNc1cc(C(=O)N[C@@H](Cc2ccccc2)[C@@H](O)CNCCc2ccccc2C)cc(N2CCCCS2(O)O)c1. The van der Waals surface area contributed by atoms with Gasteiger partial charge in [0.05, 0.1) is 23.6 Å². The van der Waals surface area contributed by atoms with E-state index in [0.29, 0.717) is 49.6 Å². The Morgan fingerprint density at radius 3 is 2.51 bits per heavy atom. The first-order valence-corrected chi connectivity index (χ1v) is 16.1. The van der Waals surface area contributed by atoms with Crippen molar-refractivity contribution in [2.24, 2.45) is 0 Å². The van der Waals surface area contributed by atoms with Gasteiger partial charge in [-0.05, 0) is 81.0 Å². The number of aliphatic hydroxyl groups excluding tert-OH is 1. The van der Waals surface area contributed by atoms with E-state index >= 15 is 0 Å². The van der Waals surface area contributed by atoms with E-state index in [0.717, 1.165) is 30.5 Å². The molecular formula is C32H44N4O4S. The molecule has 0 aliphatic carbocycles. The first-order chi connectivity index (χ1) is 19.8. The lowest BCUT2D eigenvalue weighted by Gasteiger charge is -2.47. The van der Waals surface area contributed by atoms with E-state index in [1.807, 2.05) is 55.5 Å². The summed E-state index contributed by atoms with van der Waals surface area (Å²) in [7, 11) is -2.94. The molecule has 0 radical (unpaired) electrons. The zero-order valence-corrected chi connectivity index (χ0v) is 24.9. The number of carbonyl (C=O) groups excluding carboxylic acids is 1. The maximum Gasteiger partial charge on any atom is 0.251 e. The molecule has 1 saturated heterocycles. The molecule has 0 saturated carbocycles. The summed E-state index contributed by atoms with van der Waals surface area (Å²) >= 11 is 0. The van der Waals surface area contributed by atoms with Crippen LogP contribution in [0.15, 0.2) is 72.8 Å². The summed E-state index contributed by atoms with van der Waals surface area (Å²) in [6.07, 6.45) is 2.12. The second-order valence-corrected chi connectivity index (χ2v) is 12.8. The molecule has 1 aliphatic heterocycles. The van der Waals surface area contributed by atoms with Crippen molar-refractivity contribution >= 4 is 28.1 Å². The van der Waals surface area contributed by atoms with Gasteiger partial charge in [0.25, 0.3) is 5.91 Å². The molecule has 0 aromatic heterocycles. The zero-order chi connectivity index (χ0) is 29.2. The Morgan fingerprint density at radius 2 is 1.78 bits per heavy atom. The van der Waals surface area contributed by atoms with Gasteiger partial charge in [-0.25, -0.2) is 0 Å². The molecule has 1 aliphatic rings. The van der Waals surface area contributed by atoms with E-state index in [-0.39, 0.29) is 5.91 Å². The van der Waals surface area contributed by atoms with Crippen LogP contribution in [0.1, 0.15) is 46.8 Å². The fourth-order valence-corrected chi connectivity index (χ4v) is 6.88. The lowest BCUT2D eigenvalue weighted by molar-refractivity contribution is 0.0831. The fourth-order valence-electron chi connectivity index (χ4n) is 5.21. The minimum atomic E-state index is -2.94. The van der Waals surface area contributed by atoms with Crippen molar-refractivity contribution in [3.63, 3.8) is 0 Å². The number of carbonyl (C=O) groups is 1. The van der Waals surface area contributed by atoms with Crippen molar-refractivity contribution in [2.75, 3.05) is 41.6 Å². The van der Waals surface area contributed by atoms with Crippen LogP contribution in [0.3, 0.4) is 0 Å². The average Bonchev–Trinajstić information content (AvgIpc) is 2.96. The Balaban J connectivity index is 1.49. The van der Waals surface area contributed by atoms with Crippen molar-refractivity contribution in [1.82, 2.24) is 10.6 Å². The van der Waals surface area contributed by atoms with Gasteiger partial charge in [-0.2, -0.15) is 0 Å². The number of aryl methyl sites for hydroxylation is 1. The van der Waals surface area contributed by atoms with E-state index in [2.05, 4.69) is 35.0 Å². The Bertz CT molecular complexity index is 1270. The molecule has 41 heavy (non-hydrogen) atoms. The molecule has 6 N–H and O–H groups in total. The summed E-state index contributed by atoms with van der Waals surface area (Å²) in [5.74, 6) is 0.00156. The third-order valence-corrected chi connectivity index (χ3v) is 9.43. The number of benzene rings is 3. The second-order valence-electron chi connectivity index (χ2n) is 10.7. The molecule has 1 fully saturated rings. The summed E-state index contributed by atoms with van der Waals surface area (Å²) in [4.78, 5) is 13.6. The van der Waals surface area contributed by atoms with E-state index in [4.69, 9.17) is 0 Å². The van der Waals surface area contributed by atoms with Crippen LogP contribution in [-0.2, 0) is 12.8 Å². The van der Waals surface area contributed by atoms with Gasteiger partial charge >= 0.3 is 0 Å². The third kappa shape index (κ3) is 8.70. The predicted molar refractivity (Wildman–Crippen MR) is 170 cm³/mol. The number of nitrogens with one attached hydrogen (secondary N) is 3. The molecule has 3 aromatic rings. The molecule has 1 heterocycles. The van der Waals surface area contributed by atoms with Crippen LogP contribution in [0.2, 0.25) is 0 Å². The van der Waals surface area contributed by atoms with Gasteiger partial charge in [-0.1, -0.05) is 54.6 Å². The van der Waals surface area contributed by atoms with Crippen LogP contribution >= 0.6 is 10.8 Å². The largest absolute Gasteiger partial charge is 0.390 e. The summed E-state index contributed by atoms with van der Waals surface area (Å²) in [6.45, 7) is 6.29. The molecular weight excluding hydrogens is 536 g/mol. The normalized spacial score (nSPS) is 17.0. The van der Waals surface area contributed by atoms with E-state index < -0.39 is 22.9 Å². The molecule has 1 amide bonds. The monoisotopic (exact) mass is 580 g/mol. The average molecular weight is 581 g/mol.